The fraction of sp³-hybridized carbons (Fsp3) is 0.724. The van der Waals surface area contributed by atoms with Crippen molar-refractivity contribution in [2.75, 3.05) is 40.3 Å². The molecule has 0 aliphatic carbocycles. The van der Waals surface area contributed by atoms with E-state index in [1.807, 2.05) is 0 Å². The SMILES string of the molecule is CCCC(CC)Oc1nsnc1C1=CCCN(C)C1.CCCCC(CC)Oc1nsnc1C1=CCCN(C)C1. The Balaban J connectivity index is 0.000000216. The Morgan fingerprint density at radius 2 is 1.21 bits per heavy atom. The van der Waals surface area contributed by atoms with Crippen molar-refractivity contribution in [3.8, 4) is 11.8 Å². The molecule has 39 heavy (non-hydrogen) atoms. The number of aromatic nitrogens is 4. The van der Waals surface area contributed by atoms with Gasteiger partial charge in [-0.25, -0.2) is 0 Å². The number of ether oxygens (including phenoxy) is 2. The number of hydrogen-bond acceptors (Lipinski definition) is 10. The molecule has 0 saturated carbocycles. The van der Waals surface area contributed by atoms with Crippen LogP contribution >= 0.6 is 23.5 Å². The maximum atomic E-state index is 6.10. The summed E-state index contributed by atoms with van der Waals surface area (Å²) in [7, 11) is 4.28. The average molecular weight is 577 g/mol. The number of nitrogens with zero attached hydrogens (tertiary/aromatic N) is 6. The first-order valence-corrected chi connectivity index (χ1v) is 16.2. The van der Waals surface area contributed by atoms with Gasteiger partial charge in [-0.2, -0.15) is 8.75 Å². The predicted octanol–water partition coefficient (Wildman–Crippen LogP) is 6.82. The Bertz CT molecular complexity index is 1040. The highest BCUT2D eigenvalue weighted by Gasteiger charge is 2.22. The van der Waals surface area contributed by atoms with Crippen LogP contribution in [0.1, 0.15) is 96.9 Å². The van der Waals surface area contributed by atoms with Crippen LogP contribution in [0.2, 0.25) is 0 Å². The van der Waals surface area contributed by atoms with E-state index in [1.165, 1.54) is 47.4 Å². The normalized spacial score (nSPS) is 18.0. The molecule has 2 aliphatic heterocycles. The quantitative estimate of drug-likeness (QED) is 0.257. The Labute approximate surface area is 244 Å². The van der Waals surface area contributed by atoms with Gasteiger partial charge >= 0.3 is 0 Å². The summed E-state index contributed by atoms with van der Waals surface area (Å²) in [5.41, 5.74) is 4.42. The molecule has 0 spiro atoms. The third kappa shape index (κ3) is 9.92. The molecule has 2 aromatic rings. The summed E-state index contributed by atoms with van der Waals surface area (Å²) in [5.74, 6) is 1.46. The largest absolute Gasteiger partial charge is 0.472 e. The van der Waals surface area contributed by atoms with Crippen LogP contribution in [0, 0.1) is 0 Å². The average Bonchev–Trinajstić information content (AvgIpc) is 3.60. The minimum Gasteiger partial charge on any atom is -0.472 e. The highest BCUT2D eigenvalue weighted by atomic mass is 32.1. The van der Waals surface area contributed by atoms with Crippen molar-refractivity contribution < 1.29 is 9.47 Å². The lowest BCUT2D eigenvalue weighted by atomic mass is 10.1. The molecule has 0 bridgehead atoms. The molecule has 0 amide bonds. The van der Waals surface area contributed by atoms with Gasteiger partial charge in [0.05, 0.1) is 23.5 Å². The maximum absolute atomic E-state index is 6.10. The van der Waals surface area contributed by atoms with Gasteiger partial charge in [-0.05, 0) is 63.8 Å². The zero-order valence-corrected chi connectivity index (χ0v) is 26.5. The van der Waals surface area contributed by atoms with E-state index in [0.717, 1.165) is 94.3 Å². The van der Waals surface area contributed by atoms with E-state index in [-0.39, 0.29) is 12.2 Å². The van der Waals surface area contributed by atoms with Gasteiger partial charge in [0.1, 0.15) is 23.6 Å². The van der Waals surface area contributed by atoms with Gasteiger partial charge in [0.2, 0.25) is 0 Å². The molecule has 218 valence electrons. The third-order valence-electron chi connectivity index (χ3n) is 7.17. The van der Waals surface area contributed by atoms with E-state index >= 15 is 0 Å². The van der Waals surface area contributed by atoms with Crippen LogP contribution in [0.5, 0.6) is 11.8 Å². The second kappa shape index (κ2) is 17.0. The predicted molar refractivity (Wildman–Crippen MR) is 164 cm³/mol. The molecule has 0 radical (unpaired) electrons. The lowest BCUT2D eigenvalue weighted by Gasteiger charge is -2.23. The van der Waals surface area contributed by atoms with Crippen molar-refractivity contribution in [3.05, 3.63) is 23.5 Å². The van der Waals surface area contributed by atoms with Crippen molar-refractivity contribution >= 4 is 34.6 Å². The van der Waals surface area contributed by atoms with Crippen molar-refractivity contribution in [1.82, 2.24) is 27.3 Å². The molecule has 0 N–H and O–H groups in total. The summed E-state index contributed by atoms with van der Waals surface area (Å²) in [5, 5.41) is 0. The van der Waals surface area contributed by atoms with Gasteiger partial charge in [-0.15, -0.1) is 8.75 Å². The minimum atomic E-state index is 0.259. The molecule has 2 aromatic heterocycles. The standard InChI is InChI=1S/C15H25N3OS.C14H23N3OS/c1-4-6-9-13(5-2)19-15-14(16-20-17-15)12-8-7-10-18(3)11-12;1-4-7-12(5-2)18-14-13(15-19-16-14)11-8-6-9-17(3)10-11/h8,13H,4-7,9-11H2,1-3H3;8,12H,4-7,9-10H2,1-3H3. The molecular formula is C29H48N6O2S2. The van der Waals surface area contributed by atoms with Crippen molar-refractivity contribution in [2.24, 2.45) is 0 Å². The van der Waals surface area contributed by atoms with Crippen LogP contribution in [0.3, 0.4) is 0 Å². The molecule has 2 unspecified atom stereocenters. The number of unbranched alkanes of at least 4 members (excludes halogenated alkanes) is 1. The molecule has 4 heterocycles. The lowest BCUT2D eigenvalue weighted by molar-refractivity contribution is 0.176. The minimum absolute atomic E-state index is 0.259. The summed E-state index contributed by atoms with van der Waals surface area (Å²) in [6.07, 6.45) is 15.0. The molecule has 10 heteroatoms. The van der Waals surface area contributed by atoms with Crippen molar-refractivity contribution in [3.63, 3.8) is 0 Å². The second-order valence-corrected chi connectivity index (χ2v) is 11.6. The third-order valence-corrected chi connectivity index (χ3v) is 8.19. The van der Waals surface area contributed by atoms with E-state index in [4.69, 9.17) is 9.47 Å². The van der Waals surface area contributed by atoms with Gasteiger partial charge in [0, 0.05) is 26.2 Å². The lowest BCUT2D eigenvalue weighted by Crippen LogP contribution is -2.25. The van der Waals surface area contributed by atoms with Gasteiger partial charge in [-0.1, -0.05) is 59.1 Å². The van der Waals surface area contributed by atoms with Crippen LogP contribution in [0.25, 0.3) is 11.1 Å². The Hall–Kier alpha value is -1.88. The Kier molecular flexibility index (Phi) is 13.8. The van der Waals surface area contributed by atoms with E-state index in [9.17, 15) is 0 Å². The highest BCUT2D eigenvalue weighted by molar-refractivity contribution is 6.99. The Morgan fingerprint density at radius 1 is 0.718 bits per heavy atom. The summed E-state index contributed by atoms with van der Waals surface area (Å²) in [6, 6.07) is 0. The fourth-order valence-electron chi connectivity index (χ4n) is 4.80. The van der Waals surface area contributed by atoms with Crippen LogP contribution in [0.4, 0.5) is 0 Å². The summed E-state index contributed by atoms with van der Waals surface area (Å²) >= 11 is 2.50. The first-order valence-electron chi connectivity index (χ1n) is 14.7. The van der Waals surface area contributed by atoms with E-state index < -0.39 is 0 Å². The summed E-state index contributed by atoms with van der Waals surface area (Å²) < 4.78 is 29.7. The monoisotopic (exact) mass is 576 g/mol. The first kappa shape index (κ1) is 31.6. The summed E-state index contributed by atoms with van der Waals surface area (Å²) in [6.45, 7) is 12.8. The van der Waals surface area contributed by atoms with Gasteiger partial charge in [-0.3, -0.25) is 0 Å². The van der Waals surface area contributed by atoms with Crippen LogP contribution in [-0.2, 0) is 0 Å². The number of hydrogen-bond donors (Lipinski definition) is 0. The van der Waals surface area contributed by atoms with Crippen LogP contribution in [0.15, 0.2) is 12.2 Å². The van der Waals surface area contributed by atoms with Gasteiger partial charge in [0.25, 0.3) is 11.8 Å². The van der Waals surface area contributed by atoms with Crippen LogP contribution in [-0.4, -0.2) is 79.8 Å². The molecule has 8 nitrogen and oxygen atoms in total. The van der Waals surface area contributed by atoms with Gasteiger partial charge in [0.15, 0.2) is 0 Å². The Morgan fingerprint density at radius 3 is 1.62 bits per heavy atom. The molecule has 0 fully saturated rings. The highest BCUT2D eigenvalue weighted by Crippen LogP contribution is 2.30. The van der Waals surface area contributed by atoms with E-state index in [0.29, 0.717) is 0 Å². The van der Waals surface area contributed by atoms with Crippen LogP contribution < -0.4 is 9.47 Å². The number of likely N-dealkylation sites (N-methyl/N-ethyl adjacent to an activating group) is 2. The maximum Gasteiger partial charge on any atom is 0.253 e. The number of rotatable bonds is 13. The molecular weight excluding hydrogens is 528 g/mol. The van der Waals surface area contributed by atoms with Gasteiger partial charge < -0.3 is 19.3 Å². The molecule has 4 rings (SSSR count). The first-order chi connectivity index (χ1) is 19.0. The van der Waals surface area contributed by atoms with E-state index in [1.54, 1.807) is 0 Å². The summed E-state index contributed by atoms with van der Waals surface area (Å²) in [4.78, 5) is 4.62. The fourth-order valence-corrected chi connectivity index (χ4v) is 5.84. The van der Waals surface area contributed by atoms with E-state index in [2.05, 4.69) is 81.2 Å². The topological polar surface area (TPSA) is 76.5 Å². The molecule has 0 saturated heterocycles. The zero-order chi connectivity index (χ0) is 28.0. The molecule has 2 aliphatic rings. The zero-order valence-electron chi connectivity index (χ0n) is 24.8. The smallest absolute Gasteiger partial charge is 0.253 e. The molecule has 0 aromatic carbocycles. The molecule has 2 atom stereocenters. The van der Waals surface area contributed by atoms with Crippen molar-refractivity contribution in [1.29, 1.82) is 0 Å². The van der Waals surface area contributed by atoms with Crippen molar-refractivity contribution in [2.45, 2.75) is 97.7 Å². The second-order valence-electron chi connectivity index (χ2n) is 10.6.